The number of hydrogen-bond donors (Lipinski definition) is 3. The SMILES string of the molecule is CCNC(=NCC(C)(O)c1ccc(C)o1)NCCCCCC(=O)OC.I. The molecule has 1 aromatic heterocycles. The van der Waals surface area contributed by atoms with Crippen molar-refractivity contribution in [1.82, 2.24) is 10.6 Å². The van der Waals surface area contributed by atoms with Crippen LogP contribution in [-0.4, -0.2) is 43.8 Å². The van der Waals surface area contributed by atoms with Crippen molar-refractivity contribution in [2.24, 2.45) is 4.99 Å². The molecule has 0 aliphatic heterocycles. The lowest BCUT2D eigenvalue weighted by Gasteiger charge is -2.19. The van der Waals surface area contributed by atoms with E-state index in [9.17, 15) is 9.90 Å². The van der Waals surface area contributed by atoms with E-state index >= 15 is 0 Å². The van der Waals surface area contributed by atoms with Gasteiger partial charge in [0, 0.05) is 19.5 Å². The van der Waals surface area contributed by atoms with Crippen molar-refractivity contribution >= 4 is 35.9 Å². The number of carbonyl (C=O) groups excluding carboxylic acids is 1. The third-order valence-corrected chi connectivity index (χ3v) is 3.74. The van der Waals surface area contributed by atoms with Crippen molar-refractivity contribution in [3.8, 4) is 0 Å². The Morgan fingerprint density at radius 3 is 2.62 bits per heavy atom. The minimum Gasteiger partial charge on any atom is -0.469 e. The average molecular weight is 481 g/mol. The summed E-state index contributed by atoms with van der Waals surface area (Å²) in [5.41, 5.74) is -1.16. The molecule has 8 heteroatoms. The van der Waals surface area contributed by atoms with Gasteiger partial charge in [0.1, 0.15) is 17.1 Å². The van der Waals surface area contributed by atoms with Crippen LogP contribution in [0.1, 0.15) is 51.1 Å². The number of esters is 1. The summed E-state index contributed by atoms with van der Waals surface area (Å²) in [6.07, 6.45) is 3.13. The number of nitrogens with one attached hydrogen (secondary N) is 2. The summed E-state index contributed by atoms with van der Waals surface area (Å²) in [7, 11) is 1.40. The first-order chi connectivity index (χ1) is 11.9. The van der Waals surface area contributed by atoms with Gasteiger partial charge in [0.2, 0.25) is 0 Å². The predicted molar refractivity (Wildman–Crippen MR) is 113 cm³/mol. The van der Waals surface area contributed by atoms with Crippen molar-refractivity contribution in [3.63, 3.8) is 0 Å². The van der Waals surface area contributed by atoms with E-state index in [0.717, 1.165) is 38.1 Å². The summed E-state index contributed by atoms with van der Waals surface area (Å²) in [5.74, 6) is 1.75. The highest BCUT2D eigenvalue weighted by Crippen LogP contribution is 2.22. The van der Waals surface area contributed by atoms with Crippen LogP contribution in [0.15, 0.2) is 21.5 Å². The highest BCUT2D eigenvalue weighted by Gasteiger charge is 2.26. The highest BCUT2D eigenvalue weighted by molar-refractivity contribution is 14.0. The minimum absolute atomic E-state index is 0. The monoisotopic (exact) mass is 481 g/mol. The maximum Gasteiger partial charge on any atom is 0.305 e. The molecule has 1 rings (SSSR count). The molecular formula is C18H32IN3O4. The Labute approximate surface area is 173 Å². The number of ether oxygens (including phenoxy) is 1. The van der Waals surface area contributed by atoms with Crippen LogP contribution in [0.4, 0.5) is 0 Å². The van der Waals surface area contributed by atoms with Crippen LogP contribution in [0.5, 0.6) is 0 Å². The molecule has 0 aliphatic rings. The van der Waals surface area contributed by atoms with E-state index in [1.54, 1.807) is 13.0 Å². The van der Waals surface area contributed by atoms with Crippen LogP contribution in [-0.2, 0) is 15.1 Å². The normalized spacial score (nSPS) is 13.5. The number of hydrogen-bond acceptors (Lipinski definition) is 5. The van der Waals surface area contributed by atoms with E-state index in [1.165, 1.54) is 7.11 Å². The van der Waals surface area contributed by atoms with Crippen LogP contribution >= 0.6 is 24.0 Å². The Bertz CT molecular complexity index is 558. The zero-order valence-corrected chi connectivity index (χ0v) is 18.5. The third kappa shape index (κ3) is 9.42. The van der Waals surface area contributed by atoms with Gasteiger partial charge in [-0.15, -0.1) is 24.0 Å². The fourth-order valence-corrected chi connectivity index (χ4v) is 2.26. The maximum absolute atomic E-state index is 11.0. The Morgan fingerprint density at radius 2 is 2.04 bits per heavy atom. The van der Waals surface area contributed by atoms with Gasteiger partial charge in [-0.25, -0.2) is 4.99 Å². The minimum atomic E-state index is -1.16. The number of aryl methyl sites for hydroxylation is 1. The molecule has 3 N–H and O–H groups in total. The number of aliphatic imine (C=N–C) groups is 1. The van der Waals surface area contributed by atoms with Gasteiger partial charge in [-0.3, -0.25) is 4.79 Å². The first-order valence-electron chi connectivity index (χ1n) is 8.77. The Balaban J connectivity index is 0.00000625. The molecule has 7 nitrogen and oxygen atoms in total. The Kier molecular flexibility index (Phi) is 12.3. The lowest BCUT2D eigenvalue weighted by atomic mass is 10.0. The zero-order chi connectivity index (χ0) is 18.7. The van der Waals surface area contributed by atoms with E-state index in [1.807, 2.05) is 19.9 Å². The van der Waals surface area contributed by atoms with Gasteiger partial charge >= 0.3 is 5.97 Å². The number of nitrogens with zero attached hydrogens (tertiary/aromatic N) is 1. The van der Waals surface area contributed by atoms with Gasteiger partial charge < -0.3 is 24.9 Å². The second-order valence-corrected chi connectivity index (χ2v) is 6.19. The third-order valence-electron chi connectivity index (χ3n) is 3.74. The van der Waals surface area contributed by atoms with Gasteiger partial charge in [0.25, 0.3) is 0 Å². The first-order valence-corrected chi connectivity index (χ1v) is 8.77. The molecule has 1 aromatic rings. The van der Waals surface area contributed by atoms with Crippen molar-refractivity contribution in [2.75, 3.05) is 26.7 Å². The van der Waals surface area contributed by atoms with Crippen molar-refractivity contribution in [3.05, 3.63) is 23.7 Å². The van der Waals surface area contributed by atoms with Gasteiger partial charge in [-0.1, -0.05) is 6.42 Å². The van der Waals surface area contributed by atoms with E-state index < -0.39 is 5.60 Å². The lowest BCUT2D eigenvalue weighted by molar-refractivity contribution is -0.140. The molecule has 0 amide bonds. The van der Waals surface area contributed by atoms with Crippen LogP contribution in [0, 0.1) is 6.92 Å². The van der Waals surface area contributed by atoms with Crippen LogP contribution in [0.2, 0.25) is 0 Å². The summed E-state index contributed by atoms with van der Waals surface area (Å²) in [5, 5.41) is 16.9. The van der Waals surface area contributed by atoms with E-state index in [-0.39, 0.29) is 36.5 Å². The van der Waals surface area contributed by atoms with Gasteiger partial charge in [0.15, 0.2) is 5.96 Å². The van der Waals surface area contributed by atoms with E-state index in [2.05, 4.69) is 20.4 Å². The standard InChI is InChI=1S/C18H31N3O4.HI/c1-5-19-17(20-12-8-6-7-9-16(22)24-4)21-13-18(3,23)15-11-10-14(2)25-15;/h10-11,23H,5-9,12-13H2,1-4H3,(H2,19,20,21);1H. The molecule has 26 heavy (non-hydrogen) atoms. The van der Waals surface area contributed by atoms with Crippen molar-refractivity contribution < 1.29 is 19.1 Å². The van der Waals surface area contributed by atoms with Crippen molar-refractivity contribution in [2.45, 2.75) is 52.1 Å². The highest BCUT2D eigenvalue weighted by atomic mass is 127. The second kappa shape index (κ2) is 13.0. The van der Waals surface area contributed by atoms with Gasteiger partial charge in [-0.2, -0.15) is 0 Å². The number of guanidine groups is 1. The molecule has 0 aliphatic carbocycles. The zero-order valence-electron chi connectivity index (χ0n) is 16.1. The molecule has 1 atom stereocenters. The van der Waals surface area contributed by atoms with Crippen LogP contribution in [0.25, 0.3) is 0 Å². The Morgan fingerprint density at radius 1 is 1.31 bits per heavy atom. The molecule has 0 saturated heterocycles. The number of unbranched alkanes of at least 4 members (excludes halogenated alkanes) is 2. The molecule has 0 bridgehead atoms. The summed E-state index contributed by atoms with van der Waals surface area (Å²) in [6.45, 7) is 7.18. The molecule has 1 unspecified atom stereocenters. The molecule has 150 valence electrons. The number of rotatable bonds is 10. The van der Waals surface area contributed by atoms with Crippen molar-refractivity contribution in [1.29, 1.82) is 0 Å². The maximum atomic E-state index is 11.0. The number of furan rings is 1. The number of aliphatic hydroxyl groups is 1. The quantitative estimate of drug-likeness (QED) is 0.156. The molecular weight excluding hydrogens is 449 g/mol. The largest absolute Gasteiger partial charge is 0.469 e. The van der Waals surface area contributed by atoms with E-state index in [4.69, 9.17) is 4.42 Å². The molecule has 0 radical (unpaired) electrons. The molecule has 0 spiro atoms. The molecule has 1 heterocycles. The summed E-state index contributed by atoms with van der Waals surface area (Å²) in [4.78, 5) is 15.5. The lowest BCUT2D eigenvalue weighted by Crippen LogP contribution is -2.39. The first kappa shape index (κ1) is 24.7. The fraction of sp³-hybridized carbons (Fsp3) is 0.667. The predicted octanol–water partition coefficient (Wildman–Crippen LogP) is 2.70. The van der Waals surface area contributed by atoms with Crippen LogP contribution < -0.4 is 10.6 Å². The molecule has 0 saturated carbocycles. The number of carbonyl (C=O) groups is 1. The Hall–Kier alpha value is -1.29. The smallest absolute Gasteiger partial charge is 0.305 e. The summed E-state index contributed by atoms with van der Waals surface area (Å²) < 4.78 is 10.1. The summed E-state index contributed by atoms with van der Waals surface area (Å²) in [6, 6.07) is 3.60. The molecule has 0 fully saturated rings. The second-order valence-electron chi connectivity index (χ2n) is 6.19. The summed E-state index contributed by atoms with van der Waals surface area (Å²) >= 11 is 0. The van der Waals surface area contributed by atoms with Gasteiger partial charge in [0.05, 0.1) is 13.7 Å². The molecule has 0 aromatic carbocycles. The average Bonchev–Trinajstić information content (AvgIpc) is 3.02. The fourth-order valence-electron chi connectivity index (χ4n) is 2.26. The number of halogens is 1. The van der Waals surface area contributed by atoms with E-state index in [0.29, 0.717) is 18.1 Å². The van der Waals surface area contributed by atoms with Crippen LogP contribution in [0.3, 0.4) is 0 Å². The number of methoxy groups -OCH3 is 1. The topological polar surface area (TPSA) is 96.1 Å². The van der Waals surface area contributed by atoms with Gasteiger partial charge in [-0.05, 0) is 45.7 Å².